The molecule has 1 aliphatic heterocycles. The molecule has 108 valence electrons. The molecule has 2 amide bonds. The van der Waals surface area contributed by atoms with Gasteiger partial charge in [0.25, 0.3) is 5.91 Å². The van der Waals surface area contributed by atoms with Gasteiger partial charge in [-0.1, -0.05) is 6.07 Å². The van der Waals surface area contributed by atoms with Crippen molar-refractivity contribution in [1.29, 1.82) is 0 Å². The van der Waals surface area contributed by atoms with Crippen molar-refractivity contribution >= 4 is 27.9 Å². The second kappa shape index (κ2) is 6.21. The van der Waals surface area contributed by atoms with Crippen molar-refractivity contribution in [3.8, 4) is 0 Å². The molecule has 0 atom stereocenters. The number of halogens is 2. The Hall–Kier alpha value is -1.63. The number of methoxy groups -OCH3 is 1. The molecule has 0 spiro atoms. The lowest BCUT2D eigenvalue weighted by molar-refractivity contribution is 0.0595. The van der Waals surface area contributed by atoms with Crippen LogP contribution >= 0.6 is 15.9 Å². The molecule has 20 heavy (non-hydrogen) atoms. The van der Waals surface area contributed by atoms with Crippen LogP contribution in [0, 0.1) is 5.82 Å². The molecule has 0 unspecified atom stereocenters. The Balaban J connectivity index is 2.07. The summed E-state index contributed by atoms with van der Waals surface area (Å²) in [7, 11) is 1.32. The second-order valence-corrected chi connectivity index (χ2v) is 5.20. The molecule has 1 aromatic carbocycles. The van der Waals surface area contributed by atoms with Crippen LogP contribution in [0.3, 0.4) is 0 Å². The maximum atomic E-state index is 13.8. The van der Waals surface area contributed by atoms with Crippen LogP contribution in [-0.4, -0.2) is 55.1 Å². The first-order valence-electron chi connectivity index (χ1n) is 6.10. The average Bonchev–Trinajstić information content (AvgIpc) is 2.46. The summed E-state index contributed by atoms with van der Waals surface area (Å²) in [6, 6.07) is 4.41. The number of rotatable bonds is 1. The van der Waals surface area contributed by atoms with E-state index in [1.54, 1.807) is 6.07 Å². The van der Waals surface area contributed by atoms with Gasteiger partial charge in [-0.3, -0.25) is 4.79 Å². The van der Waals surface area contributed by atoms with Crippen molar-refractivity contribution in [1.82, 2.24) is 9.80 Å². The minimum absolute atomic E-state index is 0.0269. The number of piperazine rings is 1. The van der Waals surface area contributed by atoms with Crippen molar-refractivity contribution in [2.24, 2.45) is 0 Å². The van der Waals surface area contributed by atoms with Crippen molar-refractivity contribution in [2.75, 3.05) is 33.3 Å². The van der Waals surface area contributed by atoms with Crippen molar-refractivity contribution in [3.63, 3.8) is 0 Å². The van der Waals surface area contributed by atoms with Gasteiger partial charge < -0.3 is 14.5 Å². The maximum absolute atomic E-state index is 13.8. The van der Waals surface area contributed by atoms with E-state index in [1.807, 2.05) is 0 Å². The number of amides is 2. The average molecular weight is 345 g/mol. The highest BCUT2D eigenvalue weighted by Crippen LogP contribution is 2.22. The Bertz CT molecular complexity index is 510. The number of carbonyl (C=O) groups excluding carboxylic acids is 2. The van der Waals surface area contributed by atoms with Gasteiger partial charge in [0.2, 0.25) is 0 Å². The van der Waals surface area contributed by atoms with Gasteiger partial charge in [-0.25, -0.2) is 9.18 Å². The number of carbonyl (C=O) groups is 2. The van der Waals surface area contributed by atoms with Gasteiger partial charge in [-0.2, -0.15) is 0 Å². The van der Waals surface area contributed by atoms with Crippen LogP contribution in [0.1, 0.15) is 10.4 Å². The molecule has 1 aliphatic rings. The van der Waals surface area contributed by atoms with E-state index in [2.05, 4.69) is 20.7 Å². The molecular weight excluding hydrogens is 331 g/mol. The molecule has 7 heteroatoms. The SMILES string of the molecule is COC(=O)N1CCN(C(=O)c2c(F)cccc2Br)CC1. The lowest BCUT2D eigenvalue weighted by Crippen LogP contribution is -2.50. The first kappa shape index (κ1) is 14.8. The number of nitrogens with zero attached hydrogens (tertiary/aromatic N) is 2. The van der Waals surface area contributed by atoms with Gasteiger partial charge in [-0.15, -0.1) is 0 Å². The van der Waals surface area contributed by atoms with Crippen LogP contribution < -0.4 is 0 Å². The predicted octanol–water partition coefficient (Wildman–Crippen LogP) is 2.11. The topological polar surface area (TPSA) is 49.9 Å². The molecule has 0 bridgehead atoms. The first-order valence-corrected chi connectivity index (χ1v) is 6.90. The molecule has 1 heterocycles. The molecule has 5 nitrogen and oxygen atoms in total. The van der Waals surface area contributed by atoms with Crippen LogP contribution in [0.5, 0.6) is 0 Å². The zero-order valence-electron chi connectivity index (χ0n) is 10.9. The minimum Gasteiger partial charge on any atom is -0.453 e. The van der Waals surface area contributed by atoms with Crippen LogP contribution in [0.25, 0.3) is 0 Å². The summed E-state index contributed by atoms with van der Waals surface area (Å²) in [6.07, 6.45) is -0.413. The zero-order chi connectivity index (χ0) is 14.7. The number of hydrogen-bond donors (Lipinski definition) is 0. The molecule has 1 saturated heterocycles. The van der Waals surface area contributed by atoms with E-state index in [4.69, 9.17) is 0 Å². The summed E-state index contributed by atoms with van der Waals surface area (Å²) in [5, 5.41) is 0. The van der Waals surface area contributed by atoms with Crippen LogP contribution in [0.15, 0.2) is 22.7 Å². The summed E-state index contributed by atoms with van der Waals surface area (Å²) in [4.78, 5) is 26.7. The Kier molecular flexibility index (Phi) is 4.59. The van der Waals surface area contributed by atoms with Gasteiger partial charge >= 0.3 is 6.09 Å². The molecule has 0 radical (unpaired) electrons. The van der Waals surface area contributed by atoms with Crippen molar-refractivity contribution in [3.05, 3.63) is 34.1 Å². The van der Waals surface area contributed by atoms with Gasteiger partial charge in [0.05, 0.1) is 12.7 Å². The molecule has 1 fully saturated rings. The standard InChI is InChI=1S/C13H14BrFN2O3/c1-20-13(19)17-7-5-16(6-8-17)12(18)11-9(14)3-2-4-10(11)15/h2-4H,5-8H2,1H3. The molecule has 1 aromatic rings. The summed E-state index contributed by atoms with van der Waals surface area (Å²) >= 11 is 3.19. The van der Waals surface area contributed by atoms with E-state index < -0.39 is 11.9 Å². The fourth-order valence-corrected chi connectivity index (χ4v) is 2.59. The van der Waals surface area contributed by atoms with Crippen LogP contribution in [-0.2, 0) is 4.74 Å². The van der Waals surface area contributed by atoms with E-state index in [0.29, 0.717) is 30.7 Å². The lowest BCUT2D eigenvalue weighted by Gasteiger charge is -2.34. The fraction of sp³-hybridized carbons (Fsp3) is 0.385. The minimum atomic E-state index is -0.556. The van der Waals surface area contributed by atoms with E-state index >= 15 is 0 Å². The van der Waals surface area contributed by atoms with Gasteiger partial charge in [0.15, 0.2) is 0 Å². The second-order valence-electron chi connectivity index (χ2n) is 4.35. The maximum Gasteiger partial charge on any atom is 0.409 e. The van der Waals surface area contributed by atoms with E-state index in [1.165, 1.54) is 29.0 Å². The Labute approximate surface area is 124 Å². The highest BCUT2D eigenvalue weighted by molar-refractivity contribution is 9.10. The molecule has 0 aromatic heterocycles. The number of benzene rings is 1. The van der Waals surface area contributed by atoms with Crippen LogP contribution in [0.2, 0.25) is 0 Å². The molecular formula is C13H14BrFN2O3. The third-order valence-corrected chi connectivity index (χ3v) is 3.84. The normalized spacial score (nSPS) is 15.2. The third-order valence-electron chi connectivity index (χ3n) is 3.18. The summed E-state index contributed by atoms with van der Waals surface area (Å²) in [5.41, 5.74) is 0.0269. The van der Waals surface area contributed by atoms with Crippen LogP contribution in [0.4, 0.5) is 9.18 Å². The highest BCUT2D eigenvalue weighted by atomic mass is 79.9. The number of ether oxygens (including phenoxy) is 1. The Morgan fingerprint density at radius 2 is 1.80 bits per heavy atom. The predicted molar refractivity (Wildman–Crippen MR) is 74.0 cm³/mol. The quantitative estimate of drug-likeness (QED) is 0.783. The molecule has 0 N–H and O–H groups in total. The van der Waals surface area contributed by atoms with Crippen molar-refractivity contribution in [2.45, 2.75) is 0 Å². The smallest absolute Gasteiger partial charge is 0.409 e. The Morgan fingerprint density at radius 1 is 1.20 bits per heavy atom. The fourth-order valence-electron chi connectivity index (χ4n) is 2.08. The monoisotopic (exact) mass is 344 g/mol. The first-order chi connectivity index (χ1) is 9.54. The zero-order valence-corrected chi connectivity index (χ0v) is 12.5. The Morgan fingerprint density at radius 3 is 2.35 bits per heavy atom. The van der Waals surface area contributed by atoms with E-state index in [-0.39, 0.29) is 11.5 Å². The summed E-state index contributed by atoms with van der Waals surface area (Å²) in [5.74, 6) is -0.931. The molecule has 0 aliphatic carbocycles. The van der Waals surface area contributed by atoms with E-state index in [9.17, 15) is 14.0 Å². The van der Waals surface area contributed by atoms with E-state index in [0.717, 1.165) is 0 Å². The third kappa shape index (κ3) is 2.92. The summed E-state index contributed by atoms with van der Waals surface area (Å²) < 4.78 is 18.8. The van der Waals surface area contributed by atoms with Gasteiger partial charge in [-0.05, 0) is 28.1 Å². The van der Waals surface area contributed by atoms with Crippen molar-refractivity contribution < 1.29 is 18.7 Å². The van der Waals surface area contributed by atoms with Gasteiger partial charge in [0, 0.05) is 30.7 Å². The largest absolute Gasteiger partial charge is 0.453 e. The van der Waals surface area contributed by atoms with Gasteiger partial charge in [0.1, 0.15) is 5.82 Å². The molecule has 2 rings (SSSR count). The lowest BCUT2D eigenvalue weighted by atomic mass is 10.1. The number of hydrogen-bond acceptors (Lipinski definition) is 3. The highest BCUT2D eigenvalue weighted by Gasteiger charge is 2.27. The summed E-state index contributed by atoms with van der Waals surface area (Å²) in [6.45, 7) is 1.47. The molecule has 0 saturated carbocycles.